The summed E-state index contributed by atoms with van der Waals surface area (Å²) < 4.78 is 0.887. The Bertz CT molecular complexity index is 362. The zero-order valence-corrected chi connectivity index (χ0v) is 8.10. The van der Waals surface area contributed by atoms with E-state index in [0.29, 0.717) is 12.1 Å². The van der Waals surface area contributed by atoms with Gasteiger partial charge in [-0.05, 0) is 28.9 Å². The molecule has 0 radical (unpaired) electrons. The molecule has 1 aromatic heterocycles. The summed E-state index contributed by atoms with van der Waals surface area (Å²) >= 11 is 3.33. The highest BCUT2D eigenvalue weighted by Gasteiger charge is 2.20. The van der Waals surface area contributed by atoms with Crippen LogP contribution in [0.25, 0.3) is 0 Å². The largest absolute Gasteiger partial charge is 0.346 e. The molecule has 12 heavy (non-hydrogen) atoms. The second kappa shape index (κ2) is 2.55. The standard InChI is InChI=1S/C8H7BrN2O/c1-4-6(9)2-5-7(11-4)3-10-8(5)12/h2H,3H2,1H3,(H,10,12). The molecule has 0 spiro atoms. The van der Waals surface area contributed by atoms with Gasteiger partial charge >= 0.3 is 0 Å². The molecule has 2 heterocycles. The smallest absolute Gasteiger partial charge is 0.253 e. The Morgan fingerprint density at radius 2 is 2.42 bits per heavy atom. The van der Waals surface area contributed by atoms with Gasteiger partial charge < -0.3 is 5.32 Å². The van der Waals surface area contributed by atoms with E-state index >= 15 is 0 Å². The number of nitrogens with one attached hydrogen (secondary N) is 1. The van der Waals surface area contributed by atoms with Crippen LogP contribution in [0, 0.1) is 6.92 Å². The lowest BCUT2D eigenvalue weighted by molar-refractivity contribution is 0.0965. The van der Waals surface area contributed by atoms with Crippen molar-refractivity contribution in [2.75, 3.05) is 0 Å². The molecule has 4 heteroatoms. The number of halogens is 1. The maximum absolute atomic E-state index is 11.2. The van der Waals surface area contributed by atoms with Crippen LogP contribution in [-0.2, 0) is 6.54 Å². The average molecular weight is 227 g/mol. The van der Waals surface area contributed by atoms with E-state index in [1.54, 1.807) is 0 Å². The van der Waals surface area contributed by atoms with Gasteiger partial charge in [0.1, 0.15) is 0 Å². The first-order valence-electron chi connectivity index (χ1n) is 3.62. The SMILES string of the molecule is Cc1nc2c(cc1Br)C(=O)NC2. The van der Waals surface area contributed by atoms with Crippen molar-refractivity contribution < 1.29 is 4.79 Å². The minimum atomic E-state index is -0.0294. The summed E-state index contributed by atoms with van der Waals surface area (Å²) in [5, 5.41) is 2.72. The summed E-state index contributed by atoms with van der Waals surface area (Å²) in [5.41, 5.74) is 2.46. The zero-order chi connectivity index (χ0) is 8.72. The van der Waals surface area contributed by atoms with Gasteiger partial charge in [-0.25, -0.2) is 0 Å². The lowest BCUT2D eigenvalue weighted by atomic mass is 10.2. The maximum atomic E-state index is 11.2. The van der Waals surface area contributed by atoms with E-state index in [1.807, 2.05) is 13.0 Å². The predicted molar refractivity (Wildman–Crippen MR) is 47.8 cm³/mol. The lowest BCUT2D eigenvalue weighted by Crippen LogP contribution is -2.12. The number of carbonyl (C=O) groups excluding carboxylic acids is 1. The molecule has 1 aliphatic rings. The van der Waals surface area contributed by atoms with Gasteiger partial charge in [0.2, 0.25) is 0 Å². The van der Waals surface area contributed by atoms with Crippen LogP contribution < -0.4 is 5.32 Å². The van der Waals surface area contributed by atoms with E-state index in [-0.39, 0.29) is 5.91 Å². The van der Waals surface area contributed by atoms with Gasteiger partial charge in [-0.2, -0.15) is 0 Å². The third-order valence-electron chi connectivity index (χ3n) is 1.89. The quantitative estimate of drug-likeness (QED) is 0.727. The van der Waals surface area contributed by atoms with Gasteiger partial charge in [0.15, 0.2) is 0 Å². The summed E-state index contributed by atoms with van der Waals surface area (Å²) in [6.45, 7) is 2.47. The molecule has 62 valence electrons. The Balaban J connectivity index is 2.63. The van der Waals surface area contributed by atoms with Crippen LogP contribution in [0.3, 0.4) is 0 Å². The zero-order valence-electron chi connectivity index (χ0n) is 6.52. The molecule has 1 aromatic rings. The number of carbonyl (C=O) groups is 1. The second-order valence-electron chi connectivity index (χ2n) is 2.73. The third kappa shape index (κ3) is 1.03. The Morgan fingerprint density at radius 3 is 3.17 bits per heavy atom. The van der Waals surface area contributed by atoms with Crippen molar-refractivity contribution in [2.24, 2.45) is 0 Å². The average Bonchev–Trinajstić information content (AvgIpc) is 2.35. The molecule has 0 saturated heterocycles. The molecule has 0 saturated carbocycles. The van der Waals surface area contributed by atoms with Crippen LogP contribution in [0.5, 0.6) is 0 Å². The highest BCUT2D eigenvalue weighted by Crippen LogP contribution is 2.21. The van der Waals surface area contributed by atoms with Crippen molar-refractivity contribution in [3.05, 3.63) is 27.5 Å². The Hall–Kier alpha value is -0.900. The van der Waals surface area contributed by atoms with Crippen molar-refractivity contribution in [1.82, 2.24) is 10.3 Å². The first-order chi connectivity index (χ1) is 5.68. The topological polar surface area (TPSA) is 42.0 Å². The Morgan fingerprint density at radius 1 is 1.67 bits per heavy atom. The van der Waals surface area contributed by atoms with E-state index in [2.05, 4.69) is 26.2 Å². The lowest BCUT2D eigenvalue weighted by Gasteiger charge is -1.99. The first-order valence-corrected chi connectivity index (χ1v) is 4.42. The molecule has 0 atom stereocenters. The van der Waals surface area contributed by atoms with Gasteiger partial charge in [-0.1, -0.05) is 0 Å². The van der Waals surface area contributed by atoms with Gasteiger partial charge in [-0.15, -0.1) is 0 Å². The van der Waals surface area contributed by atoms with Crippen LogP contribution in [0.4, 0.5) is 0 Å². The van der Waals surface area contributed by atoms with Gasteiger partial charge in [0, 0.05) is 4.47 Å². The van der Waals surface area contributed by atoms with E-state index in [4.69, 9.17) is 0 Å². The number of amides is 1. The fraction of sp³-hybridized carbons (Fsp3) is 0.250. The molecular formula is C8H7BrN2O. The minimum absolute atomic E-state index is 0.0294. The Kier molecular flexibility index (Phi) is 1.65. The molecule has 0 fully saturated rings. The highest BCUT2D eigenvalue weighted by molar-refractivity contribution is 9.10. The van der Waals surface area contributed by atoms with Gasteiger partial charge in [0.25, 0.3) is 5.91 Å². The normalized spacial score (nSPS) is 14.3. The molecule has 1 aliphatic heterocycles. The minimum Gasteiger partial charge on any atom is -0.346 e. The summed E-state index contributed by atoms with van der Waals surface area (Å²) in [4.78, 5) is 15.4. The first kappa shape index (κ1) is 7.73. The number of hydrogen-bond donors (Lipinski definition) is 1. The number of aryl methyl sites for hydroxylation is 1. The van der Waals surface area contributed by atoms with Crippen molar-refractivity contribution in [1.29, 1.82) is 0 Å². The Labute approximate surface area is 78.3 Å². The van der Waals surface area contributed by atoms with Crippen molar-refractivity contribution in [3.8, 4) is 0 Å². The number of aromatic nitrogens is 1. The molecular weight excluding hydrogens is 220 g/mol. The van der Waals surface area contributed by atoms with Crippen LogP contribution in [0.1, 0.15) is 21.7 Å². The monoisotopic (exact) mass is 226 g/mol. The number of fused-ring (bicyclic) bond motifs is 1. The van der Waals surface area contributed by atoms with Crippen molar-refractivity contribution >= 4 is 21.8 Å². The van der Waals surface area contributed by atoms with Crippen molar-refractivity contribution in [3.63, 3.8) is 0 Å². The van der Waals surface area contributed by atoms with E-state index in [9.17, 15) is 4.79 Å². The maximum Gasteiger partial charge on any atom is 0.253 e. The number of hydrogen-bond acceptors (Lipinski definition) is 2. The number of rotatable bonds is 0. The predicted octanol–water partition coefficient (Wildman–Crippen LogP) is 1.40. The summed E-state index contributed by atoms with van der Waals surface area (Å²) in [6.07, 6.45) is 0. The van der Waals surface area contributed by atoms with Crippen LogP contribution in [0.2, 0.25) is 0 Å². The van der Waals surface area contributed by atoms with Crippen molar-refractivity contribution in [2.45, 2.75) is 13.5 Å². The van der Waals surface area contributed by atoms with Crippen LogP contribution in [-0.4, -0.2) is 10.9 Å². The summed E-state index contributed by atoms with van der Waals surface area (Å²) in [6, 6.07) is 1.82. The molecule has 0 unspecified atom stereocenters. The molecule has 1 amide bonds. The fourth-order valence-electron chi connectivity index (χ4n) is 1.22. The molecule has 0 bridgehead atoms. The molecule has 2 rings (SSSR count). The van der Waals surface area contributed by atoms with Crippen LogP contribution >= 0.6 is 15.9 Å². The highest BCUT2D eigenvalue weighted by atomic mass is 79.9. The van der Waals surface area contributed by atoms with E-state index in [1.165, 1.54) is 0 Å². The van der Waals surface area contributed by atoms with Gasteiger partial charge in [-0.3, -0.25) is 9.78 Å². The molecule has 3 nitrogen and oxygen atoms in total. The number of pyridine rings is 1. The van der Waals surface area contributed by atoms with Gasteiger partial charge in [0.05, 0.1) is 23.5 Å². The van der Waals surface area contributed by atoms with Crippen LogP contribution in [0.15, 0.2) is 10.5 Å². The van der Waals surface area contributed by atoms with E-state index < -0.39 is 0 Å². The number of nitrogens with zero attached hydrogens (tertiary/aromatic N) is 1. The fourth-order valence-corrected chi connectivity index (χ4v) is 1.54. The third-order valence-corrected chi connectivity index (χ3v) is 2.69. The molecule has 0 aromatic carbocycles. The summed E-state index contributed by atoms with van der Waals surface area (Å²) in [5.74, 6) is -0.0294. The van der Waals surface area contributed by atoms with E-state index in [0.717, 1.165) is 15.9 Å². The second-order valence-corrected chi connectivity index (χ2v) is 3.59. The molecule has 1 N–H and O–H groups in total. The summed E-state index contributed by atoms with van der Waals surface area (Å²) in [7, 11) is 0. The molecule has 0 aliphatic carbocycles.